The number of likely N-dealkylation sites (tertiary alicyclic amines) is 1. The monoisotopic (exact) mass is 309 g/mol. The third-order valence-electron chi connectivity index (χ3n) is 5.11. The first kappa shape index (κ1) is 15.9. The number of ether oxygens (including phenoxy) is 1. The molecular formula is C16H27N3O3. The van der Waals surface area contributed by atoms with E-state index in [9.17, 15) is 10.2 Å². The topological polar surface area (TPSA) is 70.8 Å². The van der Waals surface area contributed by atoms with E-state index in [2.05, 4.69) is 10.00 Å². The van der Waals surface area contributed by atoms with Crippen LogP contribution in [0.4, 0.5) is 0 Å². The second-order valence-electron chi connectivity index (χ2n) is 6.81. The molecule has 0 bridgehead atoms. The van der Waals surface area contributed by atoms with Crippen molar-refractivity contribution in [2.24, 2.45) is 0 Å². The van der Waals surface area contributed by atoms with E-state index < -0.39 is 5.60 Å². The fourth-order valence-corrected chi connectivity index (χ4v) is 3.73. The molecule has 2 N–H and O–H groups in total. The average Bonchev–Trinajstić information content (AvgIpc) is 3.03. The Balaban J connectivity index is 1.44. The van der Waals surface area contributed by atoms with Crippen LogP contribution >= 0.6 is 0 Å². The summed E-state index contributed by atoms with van der Waals surface area (Å²) in [7, 11) is 0. The SMILES string of the molecule is OCC1(O)CCOC2(CCN(CCCn3cccn3)CC2)C1. The first-order valence-corrected chi connectivity index (χ1v) is 8.30. The number of aliphatic hydroxyl groups is 2. The van der Waals surface area contributed by atoms with E-state index >= 15 is 0 Å². The van der Waals surface area contributed by atoms with Gasteiger partial charge in [0.25, 0.3) is 0 Å². The van der Waals surface area contributed by atoms with Crippen LogP contribution in [0.25, 0.3) is 0 Å². The van der Waals surface area contributed by atoms with Gasteiger partial charge in [0.15, 0.2) is 0 Å². The Hall–Kier alpha value is -0.950. The number of rotatable bonds is 5. The first-order chi connectivity index (χ1) is 10.6. The molecule has 1 unspecified atom stereocenters. The van der Waals surface area contributed by atoms with Crippen molar-refractivity contribution >= 4 is 0 Å². The molecule has 22 heavy (non-hydrogen) atoms. The summed E-state index contributed by atoms with van der Waals surface area (Å²) in [5.41, 5.74) is -1.17. The standard InChI is InChI=1S/C16H27N3O3/c20-14-15(21)5-12-22-16(13-15)3-10-18(11-4-16)7-2-9-19-8-1-6-17-19/h1,6,8,20-21H,2-5,7,9-14H2. The van der Waals surface area contributed by atoms with Gasteiger partial charge in [-0.05, 0) is 31.9 Å². The highest BCUT2D eigenvalue weighted by atomic mass is 16.5. The molecule has 2 aliphatic rings. The Morgan fingerprint density at radius 2 is 2.00 bits per heavy atom. The number of aliphatic hydroxyl groups excluding tert-OH is 1. The van der Waals surface area contributed by atoms with Gasteiger partial charge in [0.05, 0.1) is 24.4 Å². The lowest BCUT2D eigenvalue weighted by Gasteiger charge is -2.48. The summed E-state index contributed by atoms with van der Waals surface area (Å²) in [5.74, 6) is 0. The van der Waals surface area contributed by atoms with Crippen molar-refractivity contribution in [1.29, 1.82) is 0 Å². The van der Waals surface area contributed by atoms with Gasteiger partial charge in [-0.1, -0.05) is 0 Å². The van der Waals surface area contributed by atoms with Crippen molar-refractivity contribution in [3.8, 4) is 0 Å². The minimum absolute atomic E-state index is 0.161. The van der Waals surface area contributed by atoms with Gasteiger partial charge in [0.1, 0.15) is 0 Å². The lowest BCUT2D eigenvalue weighted by atomic mass is 9.77. The Morgan fingerprint density at radius 3 is 2.68 bits per heavy atom. The van der Waals surface area contributed by atoms with Crippen molar-refractivity contribution in [2.75, 3.05) is 32.8 Å². The average molecular weight is 309 g/mol. The highest BCUT2D eigenvalue weighted by molar-refractivity contribution is 4.98. The number of hydrogen-bond donors (Lipinski definition) is 2. The Morgan fingerprint density at radius 1 is 1.18 bits per heavy atom. The normalized spacial score (nSPS) is 29.0. The lowest BCUT2D eigenvalue weighted by molar-refractivity contribution is -0.188. The fraction of sp³-hybridized carbons (Fsp3) is 0.812. The van der Waals surface area contributed by atoms with Gasteiger partial charge in [0, 0.05) is 44.9 Å². The summed E-state index contributed by atoms with van der Waals surface area (Å²) in [6.07, 6.45) is 7.89. The lowest BCUT2D eigenvalue weighted by Crippen LogP contribution is -2.55. The molecule has 6 nitrogen and oxygen atoms in total. The van der Waals surface area contributed by atoms with Crippen LogP contribution in [0.3, 0.4) is 0 Å². The molecule has 1 aromatic rings. The Labute approximate surface area is 131 Å². The zero-order valence-electron chi connectivity index (χ0n) is 13.2. The Kier molecular flexibility index (Phi) is 4.82. The van der Waals surface area contributed by atoms with Gasteiger partial charge in [-0.15, -0.1) is 0 Å². The van der Waals surface area contributed by atoms with Crippen LogP contribution in [0.5, 0.6) is 0 Å². The summed E-state index contributed by atoms with van der Waals surface area (Å²) in [5, 5.41) is 24.0. The van der Waals surface area contributed by atoms with E-state index in [0.717, 1.165) is 45.4 Å². The van der Waals surface area contributed by atoms with Crippen molar-refractivity contribution < 1.29 is 14.9 Å². The summed E-state index contributed by atoms with van der Waals surface area (Å²) in [6, 6.07) is 1.95. The molecule has 0 saturated carbocycles. The van der Waals surface area contributed by atoms with Crippen LogP contribution in [-0.2, 0) is 11.3 Å². The number of nitrogens with zero attached hydrogens (tertiary/aromatic N) is 3. The second kappa shape index (κ2) is 6.66. The van der Waals surface area contributed by atoms with Crippen LogP contribution < -0.4 is 0 Å². The van der Waals surface area contributed by atoms with Gasteiger partial charge in [-0.3, -0.25) is 4.68 Å². The fourth-order valence-electron chi connectivity index (χ4n) is 3.73. The molecule has 0 aliphatic carbocycles. The van der Waals surface area contributed by atoms with Crippen molar-refractivity contribution in [2.45, 2.75) is 49.9 Å². The molecule has 6 heteroatoms. The van der Waals surface area contributed by atoms with Crippen LogP contribution in [0.1, 0.15) is 32.1 Å². The van der Waals surface area contributed by atoms with Gasteiger partial charge in [-0.25, -0.2) is 0 Å². The second-order valence-corrected chi connectivity index (χ2v) is 6.81. The molecule has 1 atom stereocenters. The van der Waals surface area contributed by atoms with Crippen LogP contribution in [-0.4, -0.2) is 68.9 Å². The first-order valence-electron chi connectivity index (χ1n) is 8.30. The maximum absolute atomic E-state index is 10.4. The van der Waals surface area contributed by atoms with Crippen LogP contribution in [0.2, 0.25) is 0 Å². The summed E-state index contributed by atoms with van der Waals surface area (Å²) < 4.78 is 7.97. The minimum atomic E-state index is -0.944. The van der Waals surface area contributed by atoms with E-state index in [1.54, 1.807) is 0 Å². The zero-order chi connectivity index (χ0) is 15.5. The van der Waals surface area contributed by atoms with Gasteiger partial charge >= 0.3 is 0 Å². The third-order valence-corrected chi connectivity index (χ3v) is 5.11. The van der Waals surface area contributed by atoms with Crippen molar-refractivity contribution in [3.05, 3.63) is 18.5 Å². The number of aromatic nitrogens is 2. The molecule has 2 fully saturated rings. The van der Waals surface area contributed by atoms with Gasteiger partial charge in [-0.2, -0.15) is 5.10 Å². The predicted octanol–water partition coefficient (Wildman–Crippen LogP) is 0.642. The molecule has 0 aromatic carbocycles. The van der Waals surface area contributed by atoms with E-state index in [4.69, 9.17) is 4.74 Å². The molecule has 2 aliphatic heterocycles. The predicted molar refractivity (Wildman–Crippen MR) is 82.5 cm³/mol. The number of hydrogen-bond acceptors (Lipinski definition) is 5. The molecule has 0 radical (unpaired) electrons. The molecule has 124 valence electrons. The van der Waals surface area contributed by atoms with Crippen LogP contribution in [0.15, 0.2) is 18.5 Å². The number of aryl methyl sites for hydroxylation is 1. The molecule has 3 heterocycles. The molecule has 1 aromatic heterocycles. The van der Waals surface area contributed by atoms with Gasteiger partial charge < -0.3 is 19.8 Å². The third kappa shape index (κ3) is 3.68. The molecule has 3 rings (SSSR count). The largest absolute Gasteiger partial charge is 0.393 e. The number of piperidine rings is 1. The highest BCUT2D eigenvalue weighted by Crippen LogP contribution is 2.39. The molecule has 2 saturated heterocycles. The van der Waals surface area contributed by atoms with E-state index in [1.165, 1.54) is 0 Å². The van der Waals surface area contributed by atoms with Crippen molar-refractivity contribution in [3.63, 3.8) is 0 Å². The molecular weight excluding hydrogens is 282 g/mol. The van der Waals surface area contributed by atoms with E-state index in [1.807, 2.05) is 23.1 Å². The van der Waals surface area contributed by atoms with E-state index in [0.29, 0.717) is 19.4 Å². The summed E-state index contributed by atoms with van der Waals surface area (Å²) in [6.45, 7) is 4.42. The zero-order valence-corrected chi connectivity index (χ0v) is 13.2. The van der Waals surface area contributed by atoms with Gasteiger partial charge in [0.2, 0.25) is 0 Å². The smallest absolute Gasteiger partial charge is 0.0926 e. The van der Waals surface area contributed by atoms with Crippen LogP contribution in [0, 0.1) is 0 Å². The summed E-state index contributed by atoms with van der Waals surface area (Å²) >= 11 is 0. The maximum atomic E-state index is 10.4. The quantitative estimate of drug-likeness (QED) is 0.835. The van der Waals surface area contributed by atoms with Crippen molar-refractivity contribution in [1.82, 2.24) is 14.7 Å². The highest BCUT2D eigenvalue weighted by Gasteiger charge is 2.46. The van der Waals surface area contributed by atoms with E-state index in [-0.39, 0.29) is 12.2 Å². The maximum Gasteiger partial charge on any atom is 0.0926 e. The molecule has 0 amide bonds. The molecule has 1 spiro atoms. The Bertz CT molecular complexity index is 457. The summed E-state index contributed by atoms with van der Waals surface area (Å²) in [4.78, 5) is 2.46. The minimum Gasteiger partial charge on any atom is -0.393 e.